The van der Waals surface area contributed by atoms with Gasteiger partial charge in [-0.2, -0.15) is 0 Å². The molecule has 0 aromatic carbocycles. The molecule has 0 amide bonds. The third kappa shape index (κ3) is 4.14. The Bertz CT molecular complexity index is 271. The zero-order chi connectivity index (χ0) is 12.2. The van der Waals surface area contributed by atoms with Crippen LogP contribution in [0.4, 0.5) is 0 Å². The van der Waals surface area contributed by atoms with Crippen molar-refractivity contribution in [3.05, 3.63) is 12.2 Å². The Labute approximate surface area is 102 Å². The van der Waals surface area contributed by atoms with E-state index < -0.39 is 5.41 Å². The highest BCUT2D eigenvalue weighted by Crippen LogP contribution is 2.18. The van der Waals surface area contributed by atoms with Crippen LogP contribution in [0, 0.1) is 5.41 Å². The molecule has 1 atom stereocenters. The zero-order valence-corrected chi connectivity index (χ0v) is 11.0. The van der Waals surface area contributed by atoms with Crippen molar-refractivity contribution in [2.45, 2.75) is 26.9 Å². The minimum absolute atomic E-state index is 0.135. The summed E-state index contributed by atoms with van der Waals surface area (Å²) in [5.74, 6) is 0.447. The van der Waals surface area contributed by atoms with Crippen molar-refractivity contribution in [2.75, 3.05) is 25.5 Å². The van der Waals surface area contributed by atoms with E-state index in [0.29, 0.717) is 5.88 Å². The molecule has 1 rings (SSSR count). The highest BCUT2D eigenvalue weighted by Gasteiger charge is 2.27. The van der Waals surface area contributed by atoms with Crippen LogP contribution in [0.25, 0.3) is 0 Å². The first-order valence-corrected chi connectivity index (χ1v) is 6.13. The van der Waals surface area contributed by atoms with Gasteiger partial charge in [0.2, 0.25) is 0 Å². The van der Waals surface area contributed by atoms with E-state index in [1.54, 1.807) is 0 Å². The van der Waals surface area contributed by atoms with Gasteiger partial charge in [0.15, 0.2) is 0 Å². The average Bonchev–Trinajstić information content (AvgIpc) is 2.17. The monoisotopic (exact) mass is 245 g/mol. The SMILES string of the molecule is CC(C)(C)C(=O)OC1C=CCN(CCCl)C1. The normalized spacial score (nSPS) is 22.1. The van der Waals surface area contributed by atoms with Gasteiger partial charge in [-0.3, -0.25) is 9.69 Å². The largest absolute Gasteiger partial charge is 0.456 e. The van der Waals surface area contributed by atoms with Gasteiger partial charge >= 0.3 is 5.97 Å². The van der Waals surface area contributed by atoms with Crippen LogP contribution in [-0.4, -0.2) is 42.5 Å². The number of hydrogen-bond acceptors (Lipinski definition) is 3. The molecule has 0 spiro atoms. The summed E-state index contributed by atoms with van der Waals surface area (Å²) in [6.45, 7) is 8.03. The minimum Gasteiger partial charge on any atom is -0.456 e. The first kappa shape index (κ1) is 13.5. The van der Waals surface area contributed by atoms with Gasteiger partial charge in [-0.1, -0.05) is 6.08 Å². The molecule has 1 heterocycles. The number of esters is 1. The molecule has 0 N–H and O–H groups in total. The Morgan fingerprint density at radius 3 is 2.81 bits per heavy atom. The zero-order valence-electron chi connectivity index (χ0n) is 10.2. The van der Waals surface area contributed by atoms with E-state index in [9.17, 15) is 4.79 Å². The predicted octanol–water partition coefficient (Wildman–Crippen LogP) is 2.05. The van der Waals surface area contributed by atoms with Crippen LogP contribution in [0.2, 0.25) is 0 Å². The Morgan fingerprint density at radius 2 is 2.25 bits per heavy atom. The van der Waals surface area contributed by atoms with Crippen molar-refractivity contribution >= 4 is 17.6 Å². The Kier molecular flexibility index (Phi) is 4.81. The van der Waals surface area contributed by atoms with Crippen LogP contribution in [0.3, 0.4) is 0 Å². The second-order valence-corrected chi connectivity index (χ2v) is 5.45. The van der Waals surface area contributed by atoms with Crippen molar-refractivity contribution in [1.29, 1.82) is 0 Å². The Balaban J connectivity index is 2.47. The lowest BCUT2D eigenvalue weighted by atomic mass is 9.97. The first-order chi connectivity index (χ1) is 7.43. The van der Waals surface area contributed by atoms with Crippen molar-refractivity contribution in [3.63, 3.8) is 0 Å². The molecule has 0 aliphatic carbocycles. The van der Waals surface area contributed by atoms with Crippen molar-refractivity contribution in [3.8, 4) is 0 Å². The van der Waals surface area contributed by atoms with Crippen molar-refractivity contribution in [2.24, 2.45) is 5.41 Å². The summed E-state index contributed by atoms with van der Waals surface area (Å²) in [5.41, 5.74) is -0.442. The van der Waals surface area contributed by atoms with Crippen LogP contribution in [0.15, 0.2) is 12.2 Å². The van der Waals surface area contributed by atoms with E-state index >= 15 is 0 Å². The molecule has 0 bridgehead atoms. The molecule has 92 valence electrons. The number of carbonyl (C=O) groups is 1. The van der Waals surface area contributed by atoms with Crippen molar-refractivity contribution < 1.29 is 9.53 Å². The highest BCUT2D eigenvalue weighted by molar-refractivity contribution is 6.18. The standard InChI is InChI=1S/C12H20ClNO2/c1-12(2,3)11(15)16-10-5-4-7-14(9-10)8-6-13/h4-5,10H,6-9H2,1-3H3. The fraction of sp³-hybridized carbons (Fsp3) is 0.750. The summed E-state index contributed by atoms with van der Waals surface area (Å²) in [7, 11) is 0. The smallest absolute Gasteiger partial charge is 0.311 e. The van der Waals surface area contributed by atoms with Gasteiger partial charge in [-0.15, -0.1) is 11.6 Å². The van der Waals surface area contributed by atoms with E-state index in [0.717, 1.165) is 19.6 Å². The van der Waals surface area contributed by atoms with E-state index in [4.69, 9.17) is 16.3 Å². The third-order valence-corrected chi connectivity index (χ3v) is 2.59. The maximum atomic E-state index is 11.7. The quantitative estimate of drug-likeness (QED) is 0.433. The van der Waals surface area contributed by atoms with Crippen LogP contribution in [0.1, 0.15) is 20.8 Å². The molecular weight excluding hydrogens is 226 g/mol. The summed E-state index contributed by atoms with van der Waals surface area (Å²) in [5, 5.41) is 0. The number of nitrogens with zero attached hydrogens (tertiary/aromatic N) is 1. The second kappa shape index (κ2) is 5.69. The molecule has 1 aliphatic rings. The van der Waals surface area contributed by atoms with E-state index in [1.807, 2.05) is 32.9 Å². The molecular formula is C12H20ClNO2. The van der Waals surface area contributed by atoms with E-state index in [-0.39, 0.29) is 12.1 Å². The maximum Gasteiger partial charge on any atom is 0.311 e. The number of alkyl halides is 1. The summed E-state index contributed by atoms with van der Waals surface area (Å²) >= 11 is 5.69. The summed E-state index contributed by atoms with van der Waals surface area (Å²) in [4.78, 5) is 13.9. The molecule has 16 heavy (non-hydrogen) atoms. The molecule has 1 aliphatic heterocycles. The Hall–Kier alpha value is -0.540. The fourth-order valence-electron chi connectivity index (χ4n) is 1.44. The molecule has 0 aromatic heterocycles. The number of rotatable bonds is 3. The maximum absolute atomic E-state index is 11.7. The lowest BCUT2D eigenvalue weighted by molar-refractivity contribution is -0.157. The van der Waals surface area contributed by atoms with Crippen LogP contribution >= 0.6 is 11.6 Å². The topological polar surface area (TPSA) is 29.5 Å². The predicted molar refractivity (Wildman–Crippen MR) is 65.6 cm³/mol. The molecule has 0 saturated carbocycles. The summed E-state index contributed by atoms with van der Waals surface area (Å²) < 4.78 is 5.42. The van der Waals surface area contributed by atoms with Gasteiger partial charge < -0.3 is 4.74 Å². The van der Waals surface area contributed by atoms with Gasteiger partial charge in [0, 0.05) is 25.5 Å². The summed E-state index contributed by atoms with van der Waals surface area (Å²) in [6.07, 6.45) is 3.84. The van der Waals surface area contributed by atoms with Gasteiger partial charge in [0.25, 0.3) is 0 Å². The average molecular weight is 246 g/mol. The molecule has 1 unspecified atom stereocenters. The fourth-order valence-corrected chi connectivity index (χ4v) is 1.68. The number of ether oxygens (including phenoxy) is 1. The molecule has 0 saturated heterocycles. The number of carbonyl (C=O) groups excluding carboxylic acids is 1. The number of hydrogen-bond donors (Lipinski definition) is 0. The number of halogens is 1. The van der Waals surface area contributed by atoms with Crippen LogP contribution in [0.5, 0.6) is 0 Å². The minimum atomic E-state index is -0.442. The van der Waals surface area contributed by atoms with Gasteiger partial charge in [-0.05, 0) is 26.8 Å². The lowest BCUT2D eigenvalue weighted by Crippen LogP contribution is -2.40. The molecule has 4 heteroatoms. The third-order valence-electron chi connectivity index (χ3n) is 2.42. The van der Waals surface area contributed by atoms with Gasteiger partial charge in [0.05, 0.1) is 5.41 Å². The van der Waals surface area contributed by atoms with Crippen molar-refractivity contribution in [1.82, 2.24) is 4.90 Å². The second-order valence-electron chi connectivity index (χ2n) is 5.07. The molecule has 0 aromatic rings. The molecule has 0 fully saturated rings. The highest BCUT2D eigenvalue weighted by atomic mass is 35.5. The van der Waals surface area contributed by atoms with Crippen LogP contribution in [-0.2, 0) is 9.53 Å². The Morgan fingerprint density at radius 1 is 1.56 bits per heavy atom. The van der Waals surface area contributed by atoms with E-state index in [2.05, 4.69) is 4.90 Å². The lowest BCUT2D eigenvalue weighted by Gasteiger charge is -2.29. The van der Waals surface area contributed by atoms with Gasteiger partial charge in [0.1, 0.15) is 6.10 Å². The van der Waals surface area contributed by atoms with Crippen LogP contribution < -0.4 is 0 Å². The molecule has 3 nitrogen and oxygen atoms in total. The summed E-state index contributed by atoms with van der Waals surface area (Å²) in [6, 6.07) is 0. The van der Waals surface area contributed by atoms with Gasteiger partial charge in [-0.25, -0.2) is 0 Å². The first-order valence-electron chi connectivity index (χ1n) is 5.59. The molecule has 0 radical (unpaired) electrons. The van der Waals surface area contributed by atoms with E-state index in [1.165, 1.54) is 0 Å².